The van der Waals surface area contributed by atoms with Crippen LogP contribution in [0, 0.1) is 0 Å². The van der Waals surface area contributed by atoms with E-state index >= 15 is 0 Å². The van der Waals surface area contributed by atoms with E-state index in [9.17, 15) is 21.6 Å². The molecular formula is C24H22F3N3O2S. The Morgan fingerprint density at radius 2 is 1.76 bits per heavy atom. The van der Waals surface area contributed by atoms with Crippen molar-refractivity contribution in [1.29, 1.82) is 0 Å². The van der Waals surface area contributed by atoms with E-state index in [1.165, 1.54) is 4.57 Å². The first-order valence-electron chi connectivity index (χ1n) is 10.7. The highest BCUT2D eigenvalue weighted by Crippen LogP contribution is 2.37. The fourth-order valence-corrected chi connectivity index (χ4v) is 6.05. The molecule has 172 valence electrons. The molecule has 5 rings (SSSR count). The van der Waals surface area contributed by atoms with Gasteiger partial charge in [0.1, 0.15) is 16.4 Å². The number of rotatable bonds is 4. The van der Waals surface area contributed by atoms with Crippen molar-refractivity contribution >= 4 is 37.2 Å². The van der Waals surface area contributed by atoms with E-state index in [-0.39, 0.29) is 17.5 Å². The number of benzene rings is 2. The number of halogens is 3. The summed E-state index contributed by atoms with van der Waals surface area (Å²) < 4.78 is 65.6. The van der Waals surface area contributed by atoms with Crippen LogP contribution in [0.1, 0.15) is 12.8 Å². The smallest absolute Gasteiger partial charge is 0.382 e. The van der Waals surface area contributed by atoms with Crippen LogP contribution in [0.4, 0.5) is 18.9 Å². The number of nitrogens with zero attached hydrogens (tertiary/aromatic N) is 2. The molecule has 2 aromatic heterocycles. The molecule has 0 atom stereocenters. The molecule has 9 heteroatoms. The van der Waals surface area contributed by atoms with Crippen LogP contribution in [0.3, 0.4) is 0 Å². The Labute approximate surface area is 189 Å². The Balaban J connectivity index is 1.64. The Morgan fingerprint density at radius 3 is 2.52 bits per heavy atom. The zero-order valence-electron chi connectivity index (χ0n) is 17.6. The van der Waals surface area contributed by atoms with Gasteiger partial charge in [-0.05, 0) is 36.4 Å². The maximum absolute atomic E-state index is 13.6. The summed E-state index contributed by atoms with van der Waals surface area (Å²) in [5, 5.41) is 5.72. The molecule has 1 aliphatic heterocycles. The first-order valence-corrected chi connectivity index (χ1v) is 12.5. The Bertz CT molecular complexity index is 1430. The van der Waals surface area contributed by atoms with Gasteiger partial charge in [-0.2, -0.15) is 13.2 Å². The van der Waals surface area contributed by atoms with Gasteiger partial charge in [0.25, 0.3) is 0 Å². The second-order valence-corrected chi connectivity index (χ2v) is 10.8. The summed E-state index contributed by atoms with van der Waals surface area (Å²) >= 11 is 0. The molecular weight excluding hydrogens is 451 g/mol. The first kappa shape index (κ1) is 21.8. The molecule has 33 heavy (non-hydrogen) atoms. The van der Waals surface area contributed by atoms with Gasteiger partial charge in [0, 0.05) is 40.5 Å². The van der Waals surface area contributed by atoms with Gasteiger partial charge in [-0.1, -0.05) is 30.3 Å². The highest BCUT2D eigenvalue weighted by atomic mass is 32.2. The minimum Gasteiger partial charge on any atom is -0.382 e. The second kappa shape index (κ2) is 8.06. The van der Waals surface area contributed by atoms with E-state index in [1.807, 2.05) is 30.3 Å². The third-order valence-electron chi connectivity index (χ3n) is 6.14. The topological polar surface area (TPSA) is 64.0 Å². The van der Waals surface area contributed by atoms with Crippen molar-refractivity contribution in [2.75, 3.05) is 16.8 Å². The van der Waals surface area contributed by atoms with E-state index in [0.717, 1.165) is 10.8 Å². The van der Waals surface area contributed by atoms with E-state index in [0.29, 0.717) is 40.7 Å². The minimum absolute atomic E-state index is 0.0484. The number of pyridine rings is 1. The zero-order valence-corrected chi connectivity index (χ0v) is 18.5. The van der Waals surface area contributed by atoms with Crippen LogP contribution < -0.4 is 5.32 Å². The van der Waals surface area contributed by atoms with Crippen LogP contribution in [0.2, 0.25) is 0 Å². The quantitative estimate of drug-likeness (QED) is 0.431. The number of hydrogen-bond donors (Lipinski definition) is 1. The van der Waals surface area contributed by atoms with Crippen molar-refractivity contribution in [2.45, 2.75) is 31.6 Å². The lowest BCUT2D eigenvalue weighted by molar-refractivity contribution is -0.139. The van der Waals surface area contributed by atoms with Gasteiger partial charge in [-0.3, -0.25) is 4.98 Å². The third-order valence-corrected chi connectivity index (χ3v) is 7.86. The molecule has 0 amide bonds. The van der Waals surface area contributed by atoms with Crippen molar-refractivity contribution in [1.82, 2.24) is 9.55 Å². The average Bonchev–Trinajstić information content (AvgIpc) is 3.12. The van der Waals surface area contributed by atoms with Gasteiger partial charge in [-0.25, -0.2) is 8.42 Å². The maximum Gasteiger partial charge on any atom is 0.406 e. The molecule has 0 bridgehead atoms. The van der Waals surface area contributed by atoms with Gasteiger partial charge in [0.05, 0.1) is 22.7 Å². The van der Waals surface area contributed by atoms with E-state index in [2.05, 4.69) is 10.3 Å². The normalized spacial score (nSPS) is 16.9. The lowest BCUT2D eigenvalue weighted by Gasteiger charge is -2.24. The minimum atomic E-state index is -4.40. The molecule has 4 aromatic rings. The van der Waals surface area contributed by atoms with Gasteiger partial charge in [0.2, 0.25) is 0 Å². The molecule has 1 fully saturated rings. The average molecular weight is 474 g/mol. The molecule has 2 aromatic carbocycles. The Morgan fingerprint density at radius 1 is 1.00 bits per heavy atom. The maximum atomic E-state index is 13.6. The second-order valence-electron chi connectivity index (χ2n) is 8.45. The van der Waals surface area contributed by atoms with Crippen LogP contribution in [-0.4, -0.2) is 41.7 Å². The number of aromatic nitrogens is 2. The van der Waals surface area contributed by atoms with Gasteiger partial charge in [-0.15, -0.1) is 0 Å². The molecule has 0 saturated carbocycles. The van der Waals surface area contributed by atoms with Gasteiger partial charge >= 0.3 is 6.18 Å². The van der Waals surface area contributed by atoms with Gasteiger partial charge in [0.15, 0.2) is 0 Å². The lowest BCUT2D eigenvalue weighted by atomic mass is 10.0. The molecule has 1 N–H and O–H groups in total. The standard InChI is InChI=1S/C24H22F3N3O2S/c25-24(26,27)15-30-22-7-3-6-21(29-17-8-10-33(31,32)11-9-17)19(22)12-23(30)20-14-28-13-16-4-1-2-5-18(16)20/h1-7,12-14,17,29H,8-11,15H2. The number of anilines is 1. The van der Waals surface area contributed by atoms with E-state index < -0.39 is 22.6 Å². The third kappa shape index (κ3) is 4.42. The monoisotopic (exact) mass is 473 g/mol. The van der Waals surface area contributed by atoms with Crippen molar-refractivity contribution in [3.05, 3.63) is 60.9 Å². The number of fused-ring (bicyclic) bond motifs is 2. The molecule has 0 aliphatic carbocycles. The SMILES string of the molecule is O=S1(=O)CCC(Nc2cccc3c2cc(-c2cncc4ccccc24)n3CC(F)(F)F)CC1. The number of sulfone groups is 1. The Hall–Kier alpha value is -3.07. The van der Waals surface area contributed by atoms with Crippen LogP contribution in [-0.2, 0) is 16.4 Å². The van der Waals surface area contributed by atoms with E-state index in [1.54, 1.807) is 30.6 Å². The molecule has 0 unspecified atom stereocenters. The van der Waals surface area contributed by atoms with Crippen molar-refractivity contribution in [3.63, 3.8) is 0 Å². The molecule has 3 heterocycles. The van der Waals surface area contributed by atoms with Crippen LogP contribution in [0.5, 0.6) is 0 Å². The number of alkyl halides is 3. The van der Waals surface area contributed by atoms with Gasteiger partial charge < -0.3 is 9.88 Å². The number of nitrogens with one attached hydrogen (secondary N) is 1. The first-order chi connectivity index (χ1) is 15.7. The lowest BCUT2D eigenvalue weighted by Crippen LogP contribution is -2.32. The summed E-state index contributed by atoms with van der Waals surface area (Å²) in [6.45, 7) is -1.12. The highest BCUT2D eigenvalue weighted by Gasteiger charge is 2.31. The fraction of sp³-hybridized carbons (Fsp3) is 0.292. The predicted octanol–water partition coefficient (Wildman–Crippen LogP) is 5.41. The van der Waals surface area contributed by atoms with Crippen molar-refractivity contribution in [2.24, 2.45) is 0 Å². The molecule has 1 saturated heterocycles. The largest absolute Gasteiger partial charge is 0.406 e. The summed E-state index contributed by atoms with van der Waals surface area (Å²) in [6.07, 6.45) is -0.160. The van der Waals surface area contributed by atoms with E-state index in [4.69, 9.17) is 0 Å². The summed E-state index contributed by atoms with van der Waals surface area (Å²) in [5.41, 5.74) is 2.23. The zero-order chi connectivity index (χ0) is 23.2. The summed E-state index contributed by atoms with van der Waals surface area (Å²) in [6, 6.07) is 14.4. The fourth-order valence-electron chi connectivity index (χ4n) is 4.56. The Kier molecular flexibility index (Phi) is 5.31. The predicted molar refractivity (Wildman–Crippen MR) is 124 cm³/mol. The van der Waals surface area contributed by atoms with Crippen molar-refractivity contribution < 1.29 is 21.6 Å². The molecule has 5 nitrogen and oxygen atoms in total. The van der Waals surface area contributed by atoms with Crippen LogP contribution in [0.25, 0.3) is 32.9 Å². The van der Waals surface area contributed by atoms with Crippen molar-refractivity contribution in [3.8, 4) is 11.3 Å². The summed E-state index contributed by atoms with van der Waals surface area (Å²) in [4.78, 5) is 4.26. The molecule has 0 spiro atoms. The van der Waals surface area contributed by atoms with Crippen LogP contribution >= 0.6 is 0 Å². The number of hydrogen-bond acceptors (Lipinski definition) is 4. The molecule has 1 aliphatic rings. The summed E-state index contributed by atoms with van der Waals surface area (Å²) in [7, 11) is -3.01. The highest BCUT2D eigenvalue weighted by molar-refractivity contribution is 7.91. The van der Waals surface area contributed by atoms with Crippen LogP contribution in [0.15, 0.2) is 60.9 Å². The molecule has 0 radical (unpaired) electrons. The summed E-state index contributed by atoms with van der Waals surface area (Å²) in [5.74, 6) is 0.227.